The average molecular weight is 330 g/mol. The normalized spacial score (nSPS) is 13.0. The number of methoxy groups -OCH3 is 1. The first-order valence-corrected chi connectivity index (χ1v) is 7.75. The lowest BCUT2D eigenvalue weighted by Crippen LogP contribution is -2.45. The molecule has 2 rings (SSSR count). The van der Waals surface area contributed by atoms with Gasteiger partial charge in [-0.15, -0.1) is 0 Å². The molecule has 0 aliphatic heterocycles. The maximum Gasteiger partial charge on any atom is 0.350 e. The highest BCUT2D eigenvalue weighted by atomic mass is 16.6. The second kappa shape index (κ2) is 7.73. The van der Waals surface area contributed by atoms with Gasteiger partial charge < -0.3 is 19.3 Å². The summed E-state index contributed by atoms with van der Waals surface area (Å²) in [6.45, 7) is 3.73. The van der Waals surface area contributed by atoms with Crippen molar-refractivity contribution >= 4 is 5.97 Å². The molecule has 0 radical (unpaired) electrons. The highest BCUT2D eigenvalue weighted by molar-refractivity contribution is 5.80. The predicted molar refractivity (Wildman–Crippen MR) is 90.5 cm³/mol. The Bertz CT molecular complexity index is 663. The molecule has 0 aliphatic rings. The Kier molecular flexibility index (Phi) is 5.68. The summed E-state index contributed by atoms with van der Waals surface area (Å²) in [4.78, 5) is 12.4. The number of aromatic hydroxyl groups is 1. The van der Waals surface area contributed by atoms with Crippen LogP contribution in [0.5, 0.6) is 17.2 Å². The smallest absolute Gasteiger partial charge is 0.350 e. The molecular weight excluding hydrogens is 308 g/mol. The summed E-state index contributed by atoms with van der Waals surface area (Å²) in [7, 11) is 1.59. The van der Waals surface area contributed by atoms with Crippen LogP contribution in [-0.2, 0) is 16.0 Å². The number of hydrogen-bond donors (Lipinski definition) is 1. The van der Waals surface area contributed by atoms with Crippen molar-refractivity contribution in [1.82, 2.24) is 0 Å². The first-order chi connectivity index (χ1) is 11.5. The summed E-state index contributed by atoms with van der Waals surface area (Å²) < 4.78 is 16.3. The van der Waals surface area contributed by atoms with Crippen LogP contribution >= 0.6 is 0 Å². The van der Waals surface area contributed by atoms with Crippen LogP contribution in [-0.4, -0.2) is 30.4 Å². The van der Waals surface area contributed by atoms with E-state index in [4.69, 9.17) is 14.2 Å². The number of carbonyl (C=O) groups excluding carboxylic acids is 1. The van der Waals surface area contributed by atoms with Crippen molar-refractivity contribution < 1.29 is 24.1 Å². The van der Waals surface area contributed by atoms with E-state index in [1.54, 1.807) is 69.5 Å². The van der Waals surface area contributed by atoms with E-state index in [-0.39, 0.29) is 12.4 Å². The molecule has 1 atom stereocenters. The lowest BCUT2D eigenvalue weighted by molar-refractivity contribution is -0.160. The third kappa shape index (κ3) is 4.41. The van der Waals surface area contributed by atoms with Gasteiger partial charge in [0.15, 0.2) is 0 Å². The fraction of sp³-hybridized carbons (Fsp3) is 0.316. The number of phenols is 1. The number of phenolic OH excluding ortho intramolecular Hbond substituents is 1. The van der Waals surface area contributed by atoms with Crippen molar-refractivity contribution in [1.29, 1.82) is 0 Å². The van der Waals surface area contributed by atoms with Crippen LogP contribution < -0.4 is 9.47 Å². The Labute approximate surface area is 141 Å². The topological polar surface area (TPSA) is 65.0 Å². The summed E-state index contributed by atoms with van der Waals surface area (Å²) in [5.41, 5.74) is -0.321. The first kappa shape index (κ1) is 17.7. The highest BCUT2D eigenvalue weighted by Gasteiger charge is 2.37. The average Bonchev–Trinajstić information content (AvgIpc) is 2.58. The van der Waals surface area contributed by atoms with Gasteiger partial charge in [0.25, 0.3) is 0 Å². The van der Waals surface area contributed by atoms with E-state index in [0.29, 0.717) is 17.9 Å². The maximum absolute atomic E-state index is 12.4. The predicted octanol–water partition coefficient (Wildman–Crippen LogP) is 3.34. The molecule has 0 aliphatic carbocycles. The minimum atomic E-state index is -1.18. The molecule has 0 saturated carbocycles. The van der Waals surface area contributed by atoms with Crippen LogP contribution in [0.2, 0.25) is 0 Å². The minimum absolute atomic E-state index is 0.174. The van der Waals surface area contributed by atoms with E-state index in [0.717, 1.165) is 5.56 Å². The third-order valence-corrected chi connectivity index (χ3v) is 3.59. The van der Waals surface area contributed by atoms with Gasteiger partial charge in [-0.25, -0.2) is 4.79 Å². The molecule has 1 N–H and O–H groups in total. The molecule has 128 valence electrons. The fourth-order valence-electron chi connectivity index (χ4n) is 2.34. The monoisotopic (exact) mass is 330 g/mol. The van der Waals surface area contributed by atoms with E-state index >= 15 is 0 Å². The molecule has 5 heteroatoms. The highest BCUT2D eigenvalue weighted by Crippen LogP contribution is 2.26. The van der Waals surface area contributed by atoms with Gasteiger partial charge in [-0.2, -0.15) is 0 Å². The van der Waals surface area contributed by atoms with Crippen LogP contribution in [0.3, 0.4) is 0 Å². The van der Waals surface area contributed by atoms with Crippen LogP contribution in [0.1, 0.15) is 19.4 Å². The number of ether oxygens (including phenoxy) is 3. The summed E-state index contributed by atoms with van der Waals surface area (Å²) in [6.07, 6.45) is 0.318. The molecule has 1 unspecified atom stereocenters. The molecule has 5 nitrogen and oxygen atoms in total. The zero-order valence-electron chi connectivity index (χ0n) is 14.1. The van der Waals surface area contributed by atoms with E-state index in [1.807, 2.05) is 0 Å². The SMILES string of the molecule is CCOC(=O)C(C)(Cc1ccc(O)cc1)Oc1ccc(OC)cc1. The van der Waals surface area contributed by atoms with Crippen LogP contribution in [0.25, 0.3) is 0 Å². The van der Waals surface area contributed by atoms with Gasteiger partial charge in [0, 0.05) is 6.42 Å². The lowest BCUT2D eigenvalue weighted by Gasteiger charge is -2.28. The van der Waals surface area contributed by atoms with E-state index in [2.05, 4.69) is 0 Å². The van der Waals surface area contributed by atoms with Crippen molar-refractivity contribution in [2.24, 2.45) is 0 Å². The van der Waals surface area contributed by atoms with Gasteiger partial charge >= 0.3 is 5.97 Å². The van der Waals surface area contributed by atoms with Crippen molar-refractivity contribution in [2.75, 3.05) is 13.7 Å². The van der Waals surface area contributed by atoms with Crippen molar-refractivity contribution in [3.63, 3.8) is 0 Å². The molecule has 0 bridgehead atoms. The Morgan fingerprint density at radius 1 is 1.04 bits per heavy atom. The maximum atomic E-state index is 12.4. The Balaban J connectivity index is 2.24. The van der Waals surface area contributed by atoms with Crippen molar-refractivity contribution in [3.8, 4) is 17.2 Å². The molecule has 0 aromatic heterocycles. The van der Waals surface area contributed by atoms with Gasteiger partial charge in [-0.05, 0) is 55.8 Å². The molecule has 0 fully saturated rings. The van der Waals surface area contributed by atoms with Gasteiger partial charge in [0.05, 0.1) is 13.7 Å². The number of rotatable bonds is 7. The number of benzene rings is 2. The molecule has 0 spiro atoms. The fourth-order valence-corrected chi connectivity index (χ4v) is 2.34. The number of carbonyl (C=O) groups is 1. The third-order valence-electron chi connectivity index (χ3n) is 3.59. The Morgan fingerprint density at radius 2 is 1.62 bits per heavy atom. The summed E-state index contributed by atoms with van der Waals surface area (Å²) in [5, 5.41) is 9.40. The largest absolute Gasteiger partial charge is 0.508 e. The van der Waals surface area contributed by atoms with Crippen LogP contribution in [0.4, 0.5) is 0 Å². The molecule has 0 amide bonds. The molecule has 2 aromatic carbocycles. The Morgan fingerprint density at radius 3 is 2.17 bits per heavy atom. The number of esters is 1. The van der Waals surface area contributed by atoms with Gasteiger partial charge in [0.1, 0.15) is 17.2 Å². The molecule has 24 heavy (non-hydrogen) atoms. The van der Waals surface area contributed by atoms with E-state index in [9.17, 15) is 9.90 Å². The lowest BCUT2D eigenvalue weighted by atomic mass is 9.96. The van der Waals surface area contributed by atoms with Crippen LogP contribution in [0.15, 0.2) is 48.5 Å². The van der Waals surface area contributed by atoms with Gasteiger partial charge in [0.2, 0.25) is 5.60 Å². The van der Waals surface area contributed by atoms with E-state index < -0.39 is 11.6 Å². The zero-order chi connectivity index (χ0) is 17.6. The molecule has 0 saturated heterocycles. The quantitative estimate of drug-likeness (QED) is 0.789. The molecule has 0 heterocycles. The number of hydrogen-bond acceptors (Lipinski definition) is 5. The van der Waals surface area contributed by atoms with Gasteiger partial charge in [-0.3, -0.25) is 0 Å². The molecule has 2 aromatic rings. The summed E-state index contributed by atoms with van der Waals surface area (Å²) in [6, 6.07) is 13.7. The van der Waals surface area contributed by atoms with E-state index in [1.165, 1.54) is 0 Å². The second-order valence-corrected chi connectivity index (χ2v) is 5.57. The summed E-state index contributed by atoms with van der Waals surface area (Å²) >= 11 is 0. The first-order valence-electron chi connectivity index (χ1n) is 7.75. The zero-order valence-corrected chi connectivity index (χ0v) is 14.1. The summed E-state index contributed by atoms with van der Waals surface area (Å²) in [5.74, 6) is 0.991. The molecular formula is C19H22O5. The second-order valence-electron chi connectivity index (χ2n) is 5.57. The minimum Gasteiger partial charge on any atom is -0.508 e. The van der Waals surface area contributed by atoms with Crippen molar-refractivity contribution in [2.45, 2.75) is 25.9 Å². The Hall–Kier alpha value is -2.69. The van der Waals surface area contributed by atoms with Gasteiger partial charge in [-0.1, -0.05) is 12.1 Å². The standard InChI is InChI=1S/C19H22O5/c1-4-23-18(21)19(2,13-14-5-7-15(20)8-6-14)24-17-11-9-16(22-3)10-12-17/h5-12,20H,4,13H2,1-3H3. The van der Waals surface area contributed by atoms with Crippen LogP contribution in [0, 0.1) is 0 Å². The van der Waals surface area contributed by atoms with Crippen molar-refractivity contribution in [3.05, 3.63) is 54.1 Å².